The lowest BCUT2D eigenvalue weighted by atomic mass is 10.0. The Balaban J connectivity index is 1.49. The van der Waals surface area contributed by atoms with E-state index < -0.39 is 0 Å². The van der Waals surface area contributed by atoms with Crippen LogP contribution in [-0.2, 0) is 6.54 Å². The fourth-order valence-electron chi connectivity index (χ4n) is 3.32. The molecule has 0 fully saturated rings. The molecule has 150 valence electrons. The Hall–Kier alpha value is -2.96. The Kier molecular flexibility index (Phi) is 6.26. The van der Waals surface area contributed by atoms with Gasteiger partial charge in [0.05, 0.1) is 16.2 Å². The fraction of sp³-hybridized carbons (Fsp3) is 0.125. The predicted molar refractivity (Wildman–Crippen MR) is 129 cm³/mol. The van der Waals surface area contributed by atoms with Gasteiger partial charge in [-0.1, -0.05) is 90.7 Å². The number of thiocarbonyl (C=S) groups is 1. The first-order valence-corrected chi connectivity index (χ1v) is 10.9. The van der Waals surface area contributed by atoms with Crippen molar-refractivity contribution in [3.8, 4) is 0 Å². The summed E-state index contributed by atoms with van der Waals surface area (Å²) < 4.78 is 0.712. The monoisotopic (exact) mass is 431 g/mol. The molecule has 3 aromatic carbocycles. The Bertz CT molecular complexity index is 1180. The molecule has 0 aliphatic rings. The number of aromatic nitrogens is 2. The smallest absolute Gasteiger partial charge is 0.258 e. The average Bonchev–Trinajstić information content (AvgIpc) is 2.77. The van der Waals surface area contributed by atoms with E-state index in [1.54, 1.807) is 18.7 Å². The summed E-state index contributed by atoms with van der Waals surface area (Å²) >= 11 is 7.26. The number of hydrogen-bond donors (Lipinski definition) is 2. The maximum absolute atomic E-state index is 12.2. The standard InChI is InChI=1S/C24H21N3OS2/c1-16-26-21-13-12-17(14-20(21)23(28)27-16)15-25-24(29)30-22(18-8-4-2-5-9-18)19-10-6-3-7-11-19/h2-14,22H,15H2,1H3,(H,25,29)(H,26,27,28). The van der Waals surface area contributed by atoms with Gasteiger partial charge in [-0.2, -0.15) is 0 Å². The zero-order valence-electron chi connectivity index (χ0n) is 16.5. The highest BCUT2D eigenvalue weighted by Gasteiger charge is 2.17. The summed E-state index contributed by atoms with van der Waals surface area (Å²) in [5.41, 5.74) is 3.97. The van der Waals surface area contributed by atoms with Gasteiger partial charge in [0.1, 0.15) is 10.1 Å². The van der Waals surface area contributed by atoms with Crippen LogP contribution in [-0.4, -0.2) is 14.3 Å². The lowest BCUT2D eigenvalue weighted by molar-refractivity contribution is 0.939. The SMILES string of the molecule is Cc1nc2ccc(CNC(=S)SC(c3ccccc3)c3ccccc3)cc2c(=O)[nH]1. The van der Waals surface area contributed by atoms with E-state index in [4.69, 9.17) is 12.2 Å². The van der Waals surface area contributed by atoms with Crippen molar-refractivity contribution in [3.05, 3.63) is 112 Å². The Morgan fingerprint density at radius 3 is 2.30 bits per heavy atom. The van der Waals surface area contributed by atoms with Crippen LogP contribution < -0.4 is 10.9 Å². The number of nitrogens with one attached hydrogen (secondary N) is 2. The first-order chi connectivity index (χ1) is 14.6. The lowest BCUT2D eigenvalue weighted by Gasteiger charge is -2.19. The zero-order valence-corrected chi connectivity index (χ0v) is 18.1. The normalized spacial score (nSPS) is 11.0. The first-order valence-electron chi connectivity index (χ1n) is 9.64. The summed E-state index contributed by atoms with van der Waals surface area (Å²) in [5, 5.41) is 4.02. The van der Waals surface area contributed by atoms with Gasteiger partial charge in [-0.15, -0.1) is 0 Å². The molecule has 1 heterocycles. The topological polar surface area (TPSA) is 57.8 Å². The minimum Gasteiger partial charge on any atom is -0.367 e. The van der Waals surface area contributed by atoms with Crippen LogP contribution in [0.4, 0.5) is 0 Å². The minimum absolute atomic E-state index is 0.110. The van der Waals surface area contributed by atoms with Crippen LogP contribution in [0.1, 0.15) is 27.8 Å². The maximum Gasteiger partial charge on any atom is 0.258 e. The van der Waals surface area contributed by atoms with Crippen LogP contribution in [0.25, 0.3) is 10.9 Å². The average molecular weight is 432 g/mol. The summed E-state index contributed by atoms with van der Waals surface area (Å²) in [5.74, 6) is 0.615. The van der Waals surface area contributed by atoms with Gasteiger partial charge in [-0.05, 0) is 35.7 Å². The van der Waals surface area contributed by atoms with Gasteiger partial charge in [0.25, 0.3) is 5.56 Å². The molecular formula is C24H21N3OS2. The van der Waals surface area contributed by atoms with Gasteiger partial charge in [0, 0.05) is 6.54 Å². The van der Waals surface area contributed by atoms with Gasteiger partial charge >= 0.3 is 0 Å². The van der Waals surface area contributed by atoms with Crippen LogP contribution in [0.5, 0.6) is 0 Å². The molecule has 0 aliphatic heterocycles. The van der Waals surface area contributed by atoms with E-state index >= 15 is 0 Å². The number of aromatic amines is 1. The highest BCUT2D eigenvalue weighted by molar-refractivity contribution is 8.23. The van der Waals surface area contributed by atoms with Crippen LogP contribution >= 0.6 is 24.0 Å². The Morgan fingerprint density at radius 2 is 1.67 bits per heavy atom. The van der Waals surface area contributed by atoms with Crippen molar-refractivity contribution in [3.63, 3.8) is 0 Å². The zero-order chi connectivity index (χ0) is 20.9. The molecule has 0 aliphatic carbocycles. The third-order valence-electron chi connectivity index (χ3n) is 4.75. The molecule has 4 rings (SSSR count). The van der Waals surface area contributed by atoms with Crippen molar-refractivity contribution >= 4 is 39.2 Å². The van der Waals surface area contributed by atoms with E-state index in [2.05, 4.69) is 39.6 Å². The molecule has 0 saturated heterocycles. The number of fused-ring (bicyclic) bond motifs is 1. The van der Waals surface area contributed by atoms with E-state index in [0.717, 1.165) is 5.56 Å². The molecule has 30 heavy (non-hydrogen) atoms. The summed E-state index contributed by atoms with van der Waals surface area (Å²) in [6.07, 6.45) is 0. The van der Waals surface area contributed by atoms with E-state index in [1.165, 1.54) is 11.1 Å². The van der Waals surface area contributed by atoms with Crippen molar-refractivity contribution < 1.29 is 0 Å². The Labute approximate surface area is 184 Å². The van der Waals surface area contributed by atoms with Crippen LogP contribution in [0.2, 0.25) is 0 Å². The summed E-state index contributed by atoms with van der Waals surface area (Å²) in [7, 11) is 0. The van der Waals surface area contributed by atoms with Crippen LogP contribution in [0.3, 0.4) is 0 Å². The van der Waals surface area contributed by atoms with Gasteiger partial charge in [0.2, 0.25) is 0 Å². The number of benzene rings is 3. The third kappa shape index (κ3) is 4.78. The molecule has 0 atom stereocenters. The molecule has 0 bridgehead atoms. The molecule has 0 unspecified atom stereocenters. The molecule has 0 radical (unpaired) electrons. The molecule has 2 N–H and O–H groups in total. The first kappa shape index (κ1) is 20.3. The highest BCUT2D eigenvalue weighted by atomic mass is 32.2. The quantitative estimate of drug-likeness (QED) is 0.429. The van der Waals surface area contributed by atoms with Gasteiger partial charge in [-0.3, -0.25) is 4.79 Å². The largest absolute Gasteiger partial charge is 0.367 e. The number of hydrogen-bond acceptors (Lipinski definition) is 4. The molecule has 6 heteroatoms. The van der Waals surface area contributed by atoms with Crippen molar-refractivity contribution in [2.75, 3.05) is 0 Å². The van der Waals surface area contributed by atoms with E-state index in [1.807, 2.05) is 54.6 Å². The summed E-state index contributed by atoms with van der Waals surface area (Å²) in [6, 6.07) is 26.4. The number of H-pyrrole nitrogens is 1. The summed E-state index contributed by atoms with van der Waals surface area (Å²) in [4.78, 5) is 19.3. The number of nitrogens with zero attached hydrogens (tertiary/aromatic N) is 1. The molecule has 4 aromatic rings. The second kappa shape index (κ2) is 9.24. The molecule has 1 aromatic heterocycles. The van der Waals surface area contributed by atoms with Crippen molar-refractivity contribution in [2.45, 2.75) is 18.7 Å². The second-order valence-electron chi connectivity index (χ2n) is 6.96. The predicted octanol–water partition coefficient (Wildman–Crippen LogP) is 5.13. The Morgan fingerprint density at radius 1 is 1.03 bits per heavy atom. The lowest BCUT2D eigenvalue weighted by Crippen LogP contribution is -2.19. The van der Waals surface area contributed by atoms with Crippen molar-refractivity contribution in [1.29, 1.82) is 0 Å². The number of thioether (sulfide) groups is 1. The van der Waals surface area contributed by atoms with E-state index in [0.29, 0.717) is 27.6 Å². The van der Waals surface area contributed by atoms with E-state index in [9.17, 15) is 4.79 Å². The molecule has 0 spiro atoms. The van der Waals surface area contributed by atoms with Crippen LogP contribution in [0.15, 0.2) is 83.7 Å². The number of aryl methyl sites for hydroxylation is 1. The van der Waals surface area contributed by atoms with E-state index in [-0.39, 0.29) is 10.8 Å². The molecule has 0 amide bonds. The molecular weight excluding hydrogens is 410 g/mol. The number of rotatable bonds is 5. The molecule has 4 nitrogen and oxygen atoms in total. The fourth-order valence-corrected chi connectivity index (χ4v) is 4.64. The van der Waals surface area contributed by atoms with Crippen molar-refractivity contribution in [2.24, 2.45) is 0 Å². The maximum atomic E-state index is 12.2. The van der Waals surface area contributed by atoms with Crippen LogP contribution in [0, 0.1) is 6.92 Å². The summed E-state index contributed by atoms with van der Waals surface area (Å²) in [6.45, 7) is 2.33. The van der Waals surface area contributed by atoms with Gasteiger partial charge < -0.3 is 10.3 Å². The van der Waals surface area contributed by atoms with Crippen molar-refractivity contribution in [1.82, 2.24) is 15.3 Å². The van der Waals surface area contributed by atoms with Gasteiger partial charge in [-0.25, -0.2) is 4.98 Å². The minimum atomic E-state index is -0.121. The third-order valence-corrected chi connectivity index (χ3v) is 6.33. The molecule has 0 saturated carbocycles. The highest BCUT2D eigenvalue weighted by Crippen LogP contribution is 2.35. The second-order valence-corrected chi connectivity index (χ2v) is 8.75. The van der Waals surface area contributed by atoms with Gasteiger partial charge in [0.15, 0.2) is 0 Å².